The number of thioether (sulfide) groups is 1. The predicted molar refractivity (Wildman–Crippen MR) is 58.1 cm³/mol. The zero-order chi connectivity index (χ0) is 7.02. The van der Waals surface area contributed by atoms with E-state index in [1.807, 2.05) is 3.11 Å². The van der Waals surface area contributed by atoms with E-state index in [1.165, 1.54) is 11.8 Å². The minimum absolute atomic E-state index is 0.332. The molecule has 0 aromatic heterocycles. The van der Waals surface area contributed by atoms with E-state index < -0.39 is 0 Å². The van der Waals surface area contributed by atoms with Crippen LogP contribution in [0.5, 0.6) is 0 Å². The third-order valence-corrected chi connectivity index (χ3v) is 4.97. The Morgan fingerprint density at radius 2 is 2.22 bits per heavy atom. The molecule has 1 aliphatic heterocycles. The van der Waals surface area contributed by atoms with Crippen LogP contribution in [-0.4, -0.2) is 17.7 Å². The molecule has 9 heavy (non-hydrogen) atoms. The highest BCUT2D eigenvalue weighted by molar-refractivity contribution is 14.1. The van der Waals surface area contributed by atoms with Crippen molar-refractivity contribution in [2.75, 3.05) is 0 Å². The molecule has 1 atom stereocenters. The molecule has 1 nitrogen and oxygen atoms in total. The van der Waals surface area contributed by atoms with Crippen LogP contribution in [0.25, 0.3) is 0 Å². The van der Waals surface area contributed by atoms with Crippen molar-refractivity contribution in [2.45, 2.75) is 13.0 Å². The van der Waals surface area contributed by atoms with E-state index in [-0.39, 0.29) is 0 Å². The smallest absolute Gasteiger partial charge is 0.151 e. The van der Waals surface area contributed by atoms with Gasteiger partial charge in [0.1, 0.15) is 0 Å². The van der Waals surface area contributed by atoms with Crippen LogP contribution in [0.15, 0.2) is 0 Å². The molecule has 0 amide bonds. The number of halogens is 1. The largest absolute Gasteiger partial charge is 0.291 e. The summed E-state index contributed by atoms with van der Waals surface area (Å²) in [6.07, 6.45) is 0. The second-order valence-electron chi connectivity index (χ2n) is 1.67. The molecule has 50 valence electrons. The van der Waals surface area contributed by atoms with Gasteiger partial charge in [0.25, 0.3) is 0 Å². The van der Waals surface area contributed by atoms with E-state index in [9.17, 15) is 0 Å². The quantitative estimate of drug-likeness (QED) is 0.382. The van der Waals surface area contributed by atoms with Gasteiger partial charge in [0.05, 0.1) is 33.1 Å². The Balaban J connectivity index is 2.77. The van der Waals surface area contributed by atoms with Gasteiger partial charge in [-0.1, -0.05) is 36.2 Å². The van der Waals surface area contributed by atoms with Crippen molar-refractivity contribution in [3.8, 4) is 0 Å². The first-order valence-electron chi connectivity index (χ1n) is 2.33. The molecule has 0 bridgehead atoms. The SMILES string of the molecule is CC1C(=S)SC(=S)N1I. The Kier molecular flexibility index (Phi) is 2.70. The first-order chi connectivity index (χ1) is 4.13. The maximum atomic E-state index is 5.02. The standard InChI is InChI=1S/C4H4INS3/c1-2-3(7)9-4(8)6(2)5/h2H,1H3. The summed E-state index contributed by atoms with van der Waals surface area (Å²) in [5.41, 5.74) is 0. The summed E-state index contributed by atoms with van der Waals surface area (Å²) in [6.45, 7) is 2.06. The summed E-state index contributed by atoms with van der Waals surface area (Å²) in [7, 11) is 0. The molecule has 0 saturated carbocycles. The molecule has 0 N–H and O–H groups in total. The number of hydrogen-bond donors (Lipinski definition) is 0. The second-order valence-corrected chi connectivity index (χ2v) is 5.09. The van der Waals surface area contributed by atoms with Crippen LogP contribution < -0.4 is 0 Å². The highest BCUT2D eigenvalue weighted by Gasteiger charge is 2.28. The van der Waals surface area contributed by atoms with Gasteiger partial charge in [-0.2, -0.15) is 0 Å². The van der Waals surface area contributed by atoms with Gasteiger partial charge in [-0.05, 0) is 6.92 Å². The lowest BCUT2D eigenvalue weighted by atomic mass is 10.4. The van der Waals surface area contributed by atoms with Crippen molar-refractivity contribution in [1.29, 1.82) is 0 Å². The Morgan fingerprint density at radius 3 is 2.33 bits per heavy atom. The lowest BCUT2D eigenvalue weighted by Crippen LogP contribution is -2.21. The zero-order valence-corrected chi connectivity index (χ0v) is 9.23. The van der Waals surface area contributed by atoms with Crippen molar-refractivity contribution in [1.82, 2.24) is 3.11 Å². The van der Waals surface area contributed by atoms with Gasteiger partial charge in [0.15, 0.2) is 4.32 Å². The van der Waals surface area contributed by atoms with Gasteiger partial charge in [-0.25, -0.2) is 0 Å². The molecule has 1 aliphatic rings. The number of nitrogens with zero attached hydrogens (tertiary/aromatic N) is 1. The van der Waals surface area contributed by atoms with E-state index in [0.29, 0.717) is 6.04 Å². The van der Waals surface area contributed by atoms with Crippen molar-refractivity contribution in [3.63, 3.8) is 0 Å². The normalized spacial score (nSPS) is 27.8. The van der Waals surface area contributed by atoms with Crippen LogP contribution in [0.1, 0.15) is 6.92 Å². The summed E-state index contributed by atoms with van der Waals surface area (Å²) >= 11 is 13.7. The van der Waals surface area contributed by atoms with Crippen LogP contribution >= 0.6 is 59.1 Å². The van der Waals surface area contributed by atoms with Crippen LogP contribution in [-0.2, 0) is 0 Å². The zero-order valence-electron chi connectivity index (χ0n) is 4.63. The molecule has 5 heteroatoms. The molecule has 1 heterocycles. The highest BCUT2D eigenvalue weighted by Crippen LogP contribution is 2.29. The molecular weight excluding hydrogens is 285 g/mol. The monoisotopic (exact) mass is 289 g/mol. The average molecular weight is 289 g/mol. The fraction of sp³-hybridized carbons (Fsp3) is 0.500. The van der Waals surface area contributed by atoms with Crippen LogP contribution in [0.3, 0.4) is 0 Å². The maximum absolute atomic E-state index is 5.02. The lowest BCUT2D eigenvalue weighted by Gasteiger charge is -2.10. The summed E-state index contributed by atoms with van der Waals surface area (Å²) in [5.74, 6) is 0. The van der Waals surface area contributed by atoms with E-state index in [0.717, 1.165) is 8.52 Å². The van der Waals surface area contributed by atoms with Gasteiger partial charge < -0.3 is 0 Å². The van der Waals surface area contributed by atoms with Crippen molar-refractivity contribution in [2.24, 2.45) is 0 Å². The molecule has 0 aromatic rings. The van der Waals surface area contributed by atoms with E-state index >= 15 is 0 Å². The van der Waals surface area contributed by atoms with Crippen molar-refractivity contribution < 1.29 is 0 Å². The molecule has 1 rings (SSSR count). The minimum Gasteiger partial charge on any atom is -0.291 e. The van der Waals surface area contributed by atoms with E-state index in [4.69, 9.17) is 24.4 Å². The topological polar surface area (TPSA) is 3.24 Å². The minimum atomic E-state index is 0.332. The predicted octanol–water partition coefficient (Wildman–Crippen LogP) is 2.39. The van der Waals surface area contributed by atoms with E-state index in [2.05, 4.69) is 29.8 Å². The molecule has 1 unspecified atom stereocenters. The van der Waals surface area contributed by atoms with Crippen LogP contribution in [0, 0.1) is 0 Å². The van der Waals surface area contributed by atoms with Gasteiger partial charge in [-0.3, -0.25) is 3.11 Å². The summed E-state index contributed by atoms with van der Waals surface area (Å²) in [5, 5.41) is 0. The molecule has 0 aromatic carbocycles. The highest BCUT2D eigenvalue weighted by atomic mass is 127. The molecule has 1 saturated heterocycles. The average Bonchev–Trinajstić information content (AvgIpc) is 1.98. The third kappa shape index (κ3) is 1.55. The Hall–Kier alpha value is 1.06. The van der Waals surface area contributed by atoms with Crippen LogP contribution in [0.2, 0.25) is 0 Å². The first-order valence-corrected chi connectivity index (χ1v) is 4.93. The van der Waals surface area contributed by atoms with Gasteiger partial charge in [0, 0.05) is 0 Å². The van der Waals surface area contributed by atoms with Gasteiger partial charge >= 0.3 is 0 Å². The van der Waals surface area contributed by atoms with Gasteiger partial charge in [-0.15, -0.1) is 0 Å². The number of hydrogen-bond acceptors (Lipinski definition) is 3. The molecule has 0 radical (unpaired) electrons. The Bertz CT molecular complexity index is 151. The summed E-state index contributed by atoms with van der Waals surface area (Å²) < 4.78 is 3.85. The Labute approximate surface area is 83.0 Å². The summed E-state index contributed by atoms with van der Waals surface area (Å²) in [6, 6.07) is 0.332. The third-order valence-electron chi connectivity index (χ3n) is 1.04. The summed E-state index contributed by atoms with van der Waals surface area (Å²) in [4.78, 5) is 0. The first kappa shape index (κ1) is 8.16. The fourth-order valence-electron chi connectivity index (χ4n) is 0.466. The molecular formula is C4H4INS3. The lowest BCUT2D eigenvalue weighted by molar-refractivity contribution is 0.712. The van der Waals surface area contributed by atoms with Gasteiger partial charge in [0.2, 0.25) is 0 Å². The van der Waals surface area contributed by atoms with Crippen molar-refractivity contribution >= 4 is 67.6 Å². The fourth-order valence-corrected chi connectivity index (χ4v) is 3.04. The molecule has 0 spiro atoms. The molecule has 1 fully saturated rings. The van der Waals surface area contributed by atoms with E-state index in [1.54, 1.807) is 0 Å². The second kappa shape index (κ2) is 2.98. The maximum Gasteiger partial charge on any atom is 0.151 e. The van der Waals surface area contributed by atoms with Crippen molar-refractivity contribution in [3.05, 3.63) is 0 Å². The van der Waals surface area contributed by atoms with Crippen LogP contribution in [0.4, 0.5) is 0 Å². The number of thiocarbonyl (C=S) groups is 2. The molecule has 0 aliphatic carbocycles. The Morgan fingerprint density at radius 1 is 1.67 bits per heavy atom. The number of rotatable bonds is 0.